The normalized spacial score (nSPS) is 18.9. The van der Waals surface area contributed by atoms with Crippen molar-refractivity contribution in [3.05, 3.63) is 60.1 Å². The zero-order valence-electron chi connectivity index (χ0n) is 18.3. The molecule has 2 atom stereocenters. The highest BCUT2D eigenvalue weighted by atomic mass is 19.4. The number of hydrogen-bond donors (Lipinski definition) is 1. The molecule has 0 spiro atoms. The highest BCUT2D eigenvalue weighted by molar-refractivity contribution is 5.96. The van der Waals surface area contributed by atoms with Gasteiger partial charge in [0.15, 0.2) is 11.4 Å². The number of hydrogen-bond acceptors (Lipinski definition) is 6. The van der Waals surface area contributed by atoms with Crippen molar-refractivity contribution >= 4 is 11.7 Å². The van der Waals surface area contributed by atoms with Gasteiger partial charge in [-0.25, -0.2) is 19.6 Å². The van der Waals surface area contributed by atoms with Gasteiger partial charge in [0.05, 0.1) is 18.1 Å². The van der Waals surface area contributed by atoms with Gasteiger partial charge in [-0.1, -0.05) is 6.92 Å². The van der Waals surface area contributed by atoms with E-state index in [1.807, 2.05) is 19.1 Å². The molecule has 8 nitrogen and oxygen atoms in total. The maximum atomic E-state index is 13.6. The minimum absolute atomic E-state index is 0.182. The monoisotopic (exact) mass is 459 g/mol. The van der Waals surface area contributed by atoms with Crippen molar-refractivity contribution in [1.29, 1.82) is 0 Å². The Balaban J connectivity index is 1.54. The highest BCUT2D eigenvalue weighted by Crippen LogP contribution is 2.28. The fraction of sp³-hybridized carbons (Fsp3) is 0.409. The van der Waals surface area contributed by atoms with E-state index in [0.717, 1.165) is 19.0 Å². The summed E-state index contributed by atoms with van der Waals surface area (Å²) in [7, 11) is 0. The van der Waals surface area contributed by atoms with E-state index in [2.05, 4.69) is 32.3 Å². The summed E-state index contributed by atoms with van der Waals surface area (Å²) in [6.45, 7) is 4.83. The van der Waals surface area contributed by atoms with Gasteiger partial charge in [0.2, 0.25) is 0 Å². The van der Waals surface area contributed by atoms with Gasteiger partial charge in [0, 0.05) is 37.2 Å². The van der Waals surface area contributed by atoms with Crippen LogP contribution in [0.1, 0.15) is 41.6 Å². The fourth-order valence-electron chi connectivity index (χ4n) is 3.94. The molecule has 33 heavy (non-hydrogen) atoms. The van der Waals surface area contributed by atoms with Gasteiger partial charge >= 0.3 is 6.18 Å². The Bertz CT molecular complexity index is 1100. The first-order valence-corrected chi connectivity index (χ1v) is 10.6. The molecule has 1 aliphatic heterocycles. The van der Waals surface area contributed by atoms with Crippen LogP contribution in [0.5, 0.6) is 0 Å². The Morgan fingerprint density at radius 3 is 2.73 bits per heavy atom. The molecule has 4 rings (SSSR count). The smallest absolute Gasteiger partial charge is 0.367 e. The summed E-state index contributed by atoms with van der Waals surface area (Å²) in [6.07, 6.45) is 2.20. The molecule has 1 N–H and O–H groups in total. The maximum Gasteiger partial charge on any atom is 0.434 e. The van der Waals surface area contributed by atoms with E-state index in [1.54, 1.807) is 28.0 Å². The number of amides is 1. The first-order valence-electron chi connectivity index (χ1n) is 10.6. The molecule has 1 aliphatic rings. The number of anilines is 1. The van der Waals surface area contributed by atoms with Crippen molar-refractivity contribution in [1.82, 2.24) is 29.6 Å². The lowest BCUT2D eigenvalue weighted by Crippen LogP contribution is -2.49. The third kappa shape index (κ3) is 5.12. The van der Waals surface area contributed by atoms with Crippen LogP contribution in [-0.2, 0) is 6.18 Å². The Hall–Kier alpha value is -3.50. The molecule has 0 saturated carbocycles. The number of carbonyl (C=O) groups is 1. The molecule has 3 aromatic heterocycles. The molecule has 1 amide bonds. The van der Waals surface area contributed by atoms with Crippen molar-refractivity contribution in [3.8, 4) is 5.69 Å². The Morgan fingerprint density at radius 1 is 1.24 bits per heavy atom. The largest absolute Gasteiger partial charge is 0.434 e. The second-order valence-corrected chi connectivity index (χ2v) is 8.22. The zero-order chi connectivity index (χ0) is 23.6. The number of rotatable bonds is 5. The predicted molar refractivity (Wildman–Crippen MR) is 115 cm³/mol. The van der Waals surface area contributed by atoms with Crippen LogP contribution in [0, 0.1) is 12.8 Å². The quantitative estimate of drug-likeness (QED) is 0.625. The number of likely N-dealkylation sites (tertiary alicyclic amines) is 1. The molecule has 0 radical (unpaired) electrons. The van der Waals surface area contributed by atoms with Crippen molar-refractivity contribution in [2.45, 2.75) is 38.9 Å². The average molecular weight is 459 g/mol. The Labute approximate surface area is 188 Å². The van der Waals surface area contributed by atoms with Crippen molar-refractivity contribution < 1.29 is 18.0 Å². The number of carbonyl (C=O) groups excluding carboxylic acids is 1. The van der Waals surface area contributed by atoms with Crippen LogP contribution < -0.4 is 5.32 Å². The molecule has 3 aromatic rings. The summed E-state index contributed by atoms with van der Waals surface area (Å²) in [5.41, 5.74) is 0.573. The summed E-state index contributed by atoms with van der Waals surface area (Å²) in [6, 6.07) is 5.24. The van der Waals surface area contributed by atoms with Crippen molar-refractivity contribution in [3.63, 3.8) is 0 Å². The summed E-state index contributed by atoms with van der Waals surface area (Å²) in [4.78, 5) is 27.1. The summed E-state index contributed by atoms with van der Waals surface area (Å²) in [5.74, 6) is 0.413. The molecule has 4 heterocycles. The topological polar surface area (TPSA) is 88.8 Å². The van der Waals surface area contributed by atoms with Gasteiger partial charge in [-0.3, -0.25) is 4.79 Å². The minimum Gasteiger partial charge on any atom is -0.367 e. The lowest BCUT2D eigenvalue weighted by molar-refractivity contribution is -0.141. The number of pyridine rings is 1. The number of alkyl halides is 3. The van der Waals surface area contributed by atoms with Gasteiger partial charge in [0.1, 0.15) is 5.82 Å². The number of piperidine rings is 1. The van der Waals surface area contributed by atoms with E-state index < -0.39 is 11.9 Å². The Kier molecular flexibility index (Phi) is 6.30. The van der Waals surface area contributed by atoms with Crippen LogP contribution in [0.2, 0.25) is 0 Å². The van der Waals surface area contributed by atoms with Crippen LogP contribution in [0.25, 0.3) is 5.69 Å². The van der Waals surface area contributed by atoms with Crippen LogP contribution >= 0.6 is 0 Å². The Morgan fingerprint density at radius 2 is 2.06 bits per heavy atom. The summed E-state index contributed by atoms with van der Waals surface area (Å²) < 4.78 is 39.8. The third-order valence-corrected chi connectivity index (χ3v) is 5.67. The molecular formula is C22H24F3N7O. The zero-order valence-corrected chi connectivity index (χ0v) is 18.3. The van der Waals surface area contributed by atoms with Gasteiger partial charge in [-0.05, 0) is 43.9 Å². The molecule has 11 heteroatoms. The van der Waals surface area contributed by atoms with Crippen LogP contribution in [-0.4, -0.2) is 54.7 Å². The molecule has 0 aromatic carbocycles. The molecular weight excluding hydrogens is 435 g/mol. The van der Waals surface area contributed by atoms with E-state index in [0.29, 0.717) is 42.3 Å². The van der Waals surface area contributed by atoms with E-state index in [9.17, 15) is 18.0 Å². The minimum atomic E-state index is -4.54. The molecule has 0 unspecified atom stereocenters. The van der Waals surface area contributed by atoms with E-state index in [1.165, 1.54) is 0 Å². The number of aryl methyl sites for hydroxylation is 1. The summed E-state index contributed by atoms with van der Waals surface area (Å²) >= 11 is 0. The van der Waals surface area contributed by atoms with Gasteiger partial charge < -0.3 is 10.2 Å². The second kappa shape index (κ2) is 9.16. The average Bonchev–Trinajstić information content (AvgIpc) is 3.32. The fourth-order valence-corrected chi connectivity index (χ4v) is 3.94. The lowest BCUT2D eigenvalue weighted by Gasteiger charge is -2.38. The first kappa shape index (κ1) is 22.7. The van der Waals surface area contributed by atoms with Crippen LogP contribution in [0.15, 0.2) is 43.0 Å². The van der Waals surface area contributed by atoms with Crippen molar-refractivity contribution in [2.24, 2.45) is 5.92 Å². The van der Waals surface area contributed by atoms with Gasteiger partial charge in [0.25, 0.3) is 5.91 Å². The van der Waals surface area contributed by atoms with E-state index in [4.69, 9.17) is 0 Å². The molecule has 0 aliphatic carbocycles. The second-order valence-electron chi connectivity index (χ2n) is 8.22. The van der Waals surface area contributed by atoms with E-state index >= 15 is 0 Å². The highest BCUT2D eigenvalue weighted by Gasteiger charge is 2.34. The SMILES string of the molecule is Cc1ccc(-n2cccn2)c(C(=O)N2CC[C@H](C)C[C@H]2CNc2cnc(C(F)(F)F)cn2)n1. The number of aromatic nitrogens is 5. The standard InChI is InChI=1S/C22H24F3N7O/c1-14-6-9-31(16(10-14)11-27-19-13-26-18(12-28-19)22(23,24)25)21(33)20-17(5-4-15(2)30-20)32-8-3-7-29-32/h3-5,7-8,12-14,16H,6,9-11H2,1-2H3,(H,27,28)/t14-,16-/m0/s1. The maximum absolute atomic E-state index is 13.6. The molecule has 1 saturated heterocycles. The van der Waals surface area contributed by atoms with Crippen LogP contribution in [0.3, 0.4) is 0 Å². The molecule has 0 bridgehead atoms. The van der Waals surface area contributed by atoms with Gasteiger partial charge in [-0.15, -0.1) is 0 Å². The third-order valence-electron chi connectivity index (χ3n) is 5.67. The lowest BCUT2D eigenvalue weighted by atomic mass is 9.92. The molecule has 174 valence electrons. The molecule has 1 fully saturated rings. The number of nitrogens with one attached hydrogen (secondary N) is 1. The number of halogens is 3. The van der Waals surface area contributed by atoms with Crippen molar-refractivity contribution in [2.75, 3.05) is 18.4 Å². The predicted octanol–water partition coefficient (Wildman–Crippen LogP) is 3.74. The van der Waals surface area contributed by atoms with Gasteiger partial charge in [-0.2, -0.15) is 18.3 Å². The first-order chi connectivity index (χ1) is 15.7. The van der Waals surface area contributed by atoms with Crippen LogP contribution in [0.4, 0.5) is 19.0 Å². The summed E-state index contributed by atoms with van der Waals surface area (Å²) in [5, 5.41) is 7.26. The number of nitrogens with zero attached hydrogens (tertiary/aromatic N) is 6. The van der Waals surface area contributed by atoms with E-state index in [-0.39, 0.29) is 17.8 Å².